The highest BCUT2D eigenvalue weighted by Crippen LogP contribution is 2.26. The first kappa shape index (κ1) is 10.8. The third kappa shape index (κ3) is 1.98. The molecule has 2 bridgehead atoms. The Hall–Kier alpha value is -1.28. The molecule has 0 saturated carbocycles. The second kappa shape index (κ2) is 4.19. The molecule has 1 N–H and O–H groups in total. The minimum Gasteiger partial charge on any atom is -0.368 e. The Labute approximate surface area is 103 Å². The van der Waals surface area contributed by atoms with Gasteiger partial charge in [-0.3, -0.25) is 0 Å². The number of benzene rings is 1. The number of hydrogen-bond donors (Lipinski definition) is 1. The van der Waals surface area contributed by atoms with Crippen LogP contribution in [0.25, 0.3) is 6.08 Å². The molecule has 17 heavy (non-hydrogen) atoms. The van der Waals surface area contributed by atoms with Crippen molar-refractivity contribution in [3.63, 3.8) is 0 Å². The van der Waals surface area contributed by atoms with Crippen LogP contribution in [-0.4, -0.2) is 25.2 Å². The van der Waals surface area contributed by atoms with E-state index in [1.54, 1.807) is 0 Å². The zero-order valence-corrected chi connectivity index (χ0v) is 10.4. The van der Waals surface area contributed by atoms with E-state index in [-0.39, 0.29) is 0 Å². The number of piperazine rings is 1. The van der Waals surface area contributed by atoms with Gasteiger partial charge in [-0.15, -0.1) is 0 Å². The van der Waals surface area contributed by atoms with Crippen LogP contribution in [0.4, 0.5) is 5.69 Å². The Morgan fingerprint density at radius 1 is 1.29 bits per heavy atom. The number of fused-ring (bicyclic) bond motifs is 2. The van der Waals surface area contributed by atoms with Gasteiger partial charge < -0.3 is 10.2 Å². The monoisotopic (exact) mass is 228 g/mol. The summed E-state index contributed by atoms with van der Waals surface area (Å²) >= 11 is 0. The molecular weight excluding hydrogens is 208 g/mol. The first-order chi connectivity index (χ1) is 8.26. The van der Waals surface area contributed by atoms with Crippen LogP contribution in [0, 0.1) is 6.92 Å². The Kier molecular flexibility index (Phi) is 2.67. The number of aryl methyl sites for hydroxylation is 1. The maximum absolute atomic E-state index is 3.89. The SMILES string of the molecule is C=Cc1cc(N2CC3CCC(C2)N3)ccc1C. The Balaban J connectivity index is 1.86. The summed E-state index contributed by atoms with van der Waals surface area (Å²) in [6.45, 7) is 8.33. The van der Waals surface area contributed by atoms with E-state index in [9.17, 15) is 0 Å². The summed E-state index contributed by atoms with van der Waals surface area (Å²) < 4.78 is 0. The van der Waals surface area contributed by atoms with Crippen molar-refractivity contribution < 1.29 is 0 Å². The van der Waals surface area contributed by atoms with Crippen molar-refractivity contribution in [3.8, 4) is 0 Å². The van der Waals surface area contributed by atoms with Gasteiger partial charge in [0.05, 0.1) is 0 Å². The molecule has 90 valence electrons. The van der Waals surface area contributed by atoms with E-state index in [1.165, 1.54) is 29.7 Å². The topological polar surface area (TPSA) is 15.3 Å². The van der Waals surface area contributed by atoms with E-state index in [0.29, 0.717) is 12.1 Å². The molecule has 2 aliphatic rings. The highest BCUT2D eigenvalue weighted by Gasteiger charge is 2.32. The third-order valence-electron chi connectivity index (χ3n) is 4.06. The minimum absolute atomic E-state index is 0.697. The molecular formula is C15H20N2. The molecule has 2 nitrogen and oxygen atoms in total. The van der Waals surface area contributed by atoms with E-state index in [0.717, 1.165) is 13.1 Å². The lowest BCUT2D eigenvalue weighted by molar-refractivity contribution is 0.466. The number of hydrogen-bond acceptors (Lipinski definition) is 2. The van der Waals surface area contributed by atoms with Gasteiger partial charge in [-0.05, 0) is 43.0 Å². The van der Waals surface area contributed by atoms with E-state index in [4.69, 9.17) is 0 Å². The fourth-order valence-corrected chi connectivity index (χ4v) is 3.05. The van der Waals surface area contributed by atoms with E-state index in [2.05, 4.69) is 41.9 Å². The number of nitrogens with zero attached hydrogens (tertiary/aromatic N) is 1. The molecule has 2 aliphatic heterocycles. The molecule has 0 spiro atoms. The van der Waals surface area contributed by atoms with Crippen molar-refractivity contribution in [2.75, 3.05) is 18.0 Å². The molecule has 2 fully saturated rings. The smallest absolute Gasteiger partial charge is 0.0373 e. The lowest BCUT2D eigenvalue weighted by atomic mass is 10.1. The average Bonchev–Trinajstić information content (AvgIpc) is 2.69. The normalized spacial score (nSPS) is 27.2. The van der Waals surface area contributed by atoms with Crippen LogP contribution in [0.1, 0.15) is 24.0 Å². The zero-order chi connectivity index (χ0) is 11.8. The van der Waals surface area contributed by atoms with Gasteiger partial charge in [-0.1, -0.05) is 18.7 Å². The molecule has 2 atom stereocenters. The van der Waals surface area contributed by atoms with Crippen molar-refractivity contribution >= 4 is 11.8 Å². The van der Waals surface area contributed by atoms with Crippen LogP contribution in [0.3, 0.4) is 0 Å². The number of nitrogens with one attached hydrogen (secondary N) is 1. The molecule has 1 aromatic carbocycles. The fraction of sp³-hybridized carbons (Fsp3) is 0.467. The number of anilines is 1. The molecule has 2 heterocycles. The Morgan fingerprint density at radius 3 is 2.65 bits per heavy atom. The van der Waals surface area contributed by atoms with Gasteiger partial charge in [0.25, 0.3) is 0 Å². The lowest BCUT2D eigenvalue weighted by Crippen LogP contribution is -2.51. The van der Waals surface area contributed by atoms with Crippen LogP contribution in [0.5, 0.6) is 0 Å². The highest BCUT2D eigenvalue weighted by atomic mass is 15.2. The molecule has 0 radical (unpaired) electrons. The second-order valence-corrected chi connectivity index (χ2v) is 5.29. The summed E-state index contributed by atoms with van der Waals surface area (Å²) in [6.07, 6.45) is 4.62. The molecule has 0 aliphatic carbocycles. The number of rotatable bonds is 2. The molecule has 0 amide bonds. The summed E-state index contributed by atoms with van der Waals surface area (Å²) in [5.41, 5.74) is 3.92. The molecule has 2 heteroatoms. The van der Waals surface area contributed by atoms with Crippen molar-refractivity contribution in [1.29, 1.82) is 0 Å². The predicted octanol–water partition coefficient (Wildman–Crippen LogP) is 2.58. The highest BCUT2D eigenvalue weighted by molar-refractivity contribution is 5.61. The standard InChI is InChI=1S/C15H20N2/c1-3-12-8-15(7-4-11(12)2)17-9-13-5-6-14(10-17)16-13/h3-4,7-8,13-14,16H,1,5-6,9-10H2,2H3. The largest absolute Gasteiger partial charge is 0.368 e. The first-order valence-corrected chi connectivity index (χ1v) is 6.50. The van der Waals surface area contributed by atoms with Gasteiger partial charge in [-0.25, -0.2) is 0 Å². The first-order valence-electron chi connectivity index (χ1n) is 6.50. The van der Waals surface area contributed by atoms with Gasteiger partial charge in [0.15, 0.2) is 0 Å². The quantitative estimate of drug-likeness (QED) is 0.837. The van der Waals surface area contributed by atoms with Gasteiger partial charge in [0.2, 0.25) is 0 Å². The van der Waals surface area contributed by atoms with Gasteiger partial charge in [-0.2, -0.15) is 0 Å². The Bertz CT molecular complexity index is 427. The van der Waals surface area contributed by atoms with Crippen molar-refractivity contribution in [1.82, 2.24) is 5.32 Å². The summed E-state index contributed by atoms with van der Waals surface area (Å²) in [7, 11) is 0. The lowest BCUT2D eigenvalue weighted by Gasteiger charge is -2.34. The van der Waals surface area contributed by atoms with Crippen LogP contribution in [0.15, 0.2) is 24.8 Å². The maximum atomic E-state index is 3.89. The average molecular weight is 228 g/mol. The van der Waals surface area contributed by atoms with E-state index >= 15 is 0 Å². The van der Waals surface area contributed by atoms with Crippen LogP contribution >= 0.6 is 0 Å². The molecule has 2 saturated heterocycles. The minimum atomic E-state index is 0.697. The van der Waals surface area contributed by atoms with Gasteiger partial charge in [0.1, 0.15) is 0 Å². The van der Waals surface area contributed by atoms with E-state index < -0.39 is 0 Å². The molecule has 3 rings (SSSR count). The van der Waals surface area contributed by atoms with Crippen LogP contribution in [-0.2, 0) is 0 Å². The summed E-state index contributed by atoms with van der Waals surface area (Å²) in [5.74, 6) is 0. The summed E-state index contributed by atoms with van der Waals surface area (Å²) in [5, 5.41) is 3.67. The Morgan fingerprint density at radius 2 is 2.00 bits per heavy atom. The van der Waals surface area contributed by atoms with Crippen molar-refractivity contribution in [2.45, 2.75) is 31.8 Å². The van der Waals surface area contributed by atoms with Crippen LogP contribution in [0.2, 0.25) is 0 Å². The second-order valence-electron chi connectivity index (χ2n) is 5.29. The summed E-state index contributed by atoms with van der Waals surface area (Å²) in [4.78, 5) is 2.52. The van der Waals surface area contributed by atoms with Crippen LogP contribution < -0.4 is 10.2 Å². The summed E-state index contributed by atoms with van der Waals surface area (Å²) in [6, 6.07) is 8.11. The van der Waals surface area contributed by atoms with Gasteiger partial charge in [0, 0.05) is 30.9 Å². The van der Waals surface area contributed by atoms with E-state index in [1.807, 2.05) is 6.08 Å². The zero-order valence-electron chi connectivity index (χ0n) is 10.4. The maximum Gasteiger partial charge on any atom is 0.0373 e. The van der Waals surface area contributed by atoms with Crippen molar-refractivity contribution in [3.05, 3.63) is 35.9 Å². The third-order valence-corrected chi connectivity index (χ3v) is 4.06. The molecule has 1 aromatic rings. The predicted molar refractivity (Wildman–Crippen MR) is 73.4 cm³/mol. The fourth-order valence-electron chi connectivity index (χ4n) is 3.05. The molecule has 2 unspecified atom stereocenters. The van der Waals surface area contributed by atoms with Gasteiger partial charge >= 0.3 is 0 Å². The van der Waals surface area contributed by atoms with Crippen molar-refractivity contribution in [2.24, 2.45) is 0 Å². The molecule has 0 aromatic heterocycles.